The van der Waals surface area contributed by atoms with Crippen LogP contribution in [0.25, 0.3) is 0 Å². The van der Waals surface area contributed by atoms with Gasteiger partial charge in [0.2, 0.25) is 0 Å². The minimum absolute atomic E-state index is 0.0621. The van der Waals surface area contributed by atoms with Gasteiger partial charge in [0.1, 0.15) is 10.9 Å². The monoisotopic (exact) mass is 378 g/mol. The second-order valence-electron chi connectivity index (χ2n) is 6.06. The van der Waals surface area contributed by atoms with E-state index in [1.807, 2.05) is 17.7 Å². The molecule has 1 amide bonds. The largest absolute Gasteiger partial charge is 0.450 e. The maximum Gasteiger partial charge on any atom is 0.404 e. The highest BCUT2D eigenvalue weighted by Gasteiger charge is 2.19. The number of non-ortho nitro benzene ring substituents is 1. The summed E-state index contributed by atoms with van der Waals surface area (Å²) in [5.41, 5.74) is 5.96. The first-order valence-electron chi connectivity index (χ1n) is 8.19. The van der Waals surface area contributed by atoms with Crippen molar-refractivity contribution in [2.24, 2.45) is 12.8 Å². The van der Waals surface area contributed by atoms with Crippen molar-refractivity contribution in [1.82, 2.24) is 9.55 Å². The number of aromatic nitrogens is 2. The van der Waals surface area contributed by atoms with Crippen LogP contribution in [-0.2, 0) is 18.2 Å². The first-order valence-corrected chi connectivity index (χ1v) is 9.01. The summed E-state index contributed by atoms with van der Waals surface area (Å²) >= 11 is 1.46. The highest BCUT2D eigenvalue weighted by Crippen LogP contribution is 2.35. The molecule has 0 aliphatic heterocycles. The van der Waals surface area contributed by atoms with Crippen molar-refractivity contribution in [2.45, 2.75) is 42.5 Å². The number of hydrogen-bond acceptors (Lipinski definition) is 6. The fraction of sp³-hybridized carbons (Fsp3) is 0.412. The standard InChI is InChI=1S/C17H22N4O4S/c1-11(2)15-16(26-13-7-4-6-12(10-13)21(23)24)20(3)14(19-15)8-5-9-25-17(18)22/h4,6-7,10-11H,5,8-9H2,1-3H3,(H2,18,22). The summed E-state index contributed by atoms with van der Waals surface area (Å²) in [5.74, 6) is 1.08. The van der Waals surface area contributed by atoms with Crippen LogP contribution in [0, 0.1) is 10.1 Å². The molecule has 1 heterocycles. The van der Waals surface area contributed by atoms with E-state index in [0.717, 1.165) is 21.4 Å². The molecule has 8 nitrogen and oxygen atoms in total. The van der Waals surface area contributed by atoms with Crippen molar-refractivity contribution < 1.29 is 14.5 Å². The number of nitro groups is 1. The van der Waals surface area contributed by atoms with Crippen LogP contribution >= 0.6 is 11.8 Å². The Morgan fingerprint density at radius 1 is 1.46 bits per heavy atom. The molecule has 1 aromatic carbocycles. The molecule has 9 heteroatoms. The van der Waals surface area contributed by atoms with Crippen LogP contribution in [0.2, 0.25) is 0 Å². The number of benzene rings is 1. The molecule has 2 rings (SSSR count). The summed E-state index contributed by atoms with van der Waals surface area (Å²) in [6, 6.07) is 6.55. The number of imidazole rings is 1. The molecule has 0 spiro atoms. The lowest BCUT2D eigenvalue weighted by atomic mass is 10.1. The van der Waals surface area contributed by atoms with Gasteiger partial charge < -0.3 is 15.0 Å². The number of nitro benzene ring substituents is 1. The van der Waals surface area contributed by atoms with Gasteiger partial charge in [-0.05, 0) is 18.4 Å². The number of carbonyl (C=O) groups is 1. The first kappa shape index (κ1) is 19.8. The maximum atomic E-state index is 11.0. The molecule has 140 valence electrons. The lowest BCUT2D eigenvalue weighted by Crippen LogP contribution is -2.14. The third-order valence-corrected chi connectivity index (χ3v) is 4.91. The average Bonchev–Trinajstić information content (AvgIpc) is 2.88. The van der Waals surface area contributed by atoms with Gasteiger partial charge >= 0.3 is 6.09 Å². The van der Waals surface area contributed by atoms with Crippen LogP contribution in [0.15, 0.2) is 34.2 Å². The number of carbonyl (C=O) groups excluding carboxylic acids is 1. The highest BCUT2D eigenvalue weighted by atomic mass is 32.2. The lowest BCUT2D eigenvalue weighted by molar-refractivity contribution is -0.385. The molecular formula is C17H22N4O4S. The fourth-order valence-corrected chi connectivity index (χ4v) is 3.62. The highest BCUT2D eigenvalue weighted by molar-refractivity contribution is 7.99. The minimum Gasteiger partial charge on any atom is -0.450 e. The summed E-state index contributed by atoms with van der Waals surface area (Å²) in [5, 5.41) is 11.9. The van der Waals surface area contributed by atoms with Gasteiger partial charge in [-0.25, -0.2) is 9.78 Å². The van der Waals surface area contributed by atoms with E-state index in [1.165, 1.54) is 17.8 Å². The normalized spacial score (nSPS) is 10.9. The third kappa shape index (κ3) is 4.98. The van der Waals surface area contributed by atoms with Gasteiger partial charge in [-0.2, -0.15) is 0 Å². The maximum absolute atomic E-state index is 11.0. The van der Waals surface area contributed by atoms with E-state index in [1.54, 1.807) is 12.1 Å². The number of rotatable bonds is 8. The van der Waals surface area contributed by atoms with Crippen LogP contribution in [0.5, 0.6) is 0 Å². The van der Waals surface area contributed by atoms with Crippen molar-refractivity contribution in [3.63, 3.8) is 0 Å². The summed E-state index contributed by atoms with van der Waals surface area (Å²) in [4.78, 5) is 26.7. The number of hydrogen-bond donors (Lipinski definition) is 1. The number of nitrogens with two attached hydrogens (primary N) is 1. The first-order chi connectivity index (χ1) is 12.3. The van der Waals surface area contributed by atoms with Gasteiger partial charge in [0.15, 0.2) is 0 Å². The van der Waals surface area contributed by atoms with E-state index in [4.69, 9.17) is 15.5 Å². The summed E-state index contributed by atoms with van der Waals surface area (Å²) in [6.07, 6.45) is 0.472. The van der Waals surface area contributed by atoms with E-state index in [0.29, 0.717) is 12.8 Å². The smallest absolute Gasteiger partial charge is 0.404 e. The molecule has 0 aliphatic carbocycles. The lowest BCUT2D eigenvalue weighted by Gasteiger charge is -2.09. The predicted octanol–water partition coefficient (Wildman–Crippen LogP) is 3.63. The predicted molar refractivity (Wildman–Crippen MR) is 98.4 cm³/mol. The Morgan fingerprint density at radius 3 is 2.81 bits per heavy atom. The number of amides is 1. The van der Waals surface area contributed by atoms with Gasteiger partial charge in [0.25, 0.3) is 5.69 Å². The van der Waals surface area contributed by atoms with E-state index >= 15 is 0 Å². The topological polar surface area (TPSA) is 113 Å². The SMILES string of the molecule is CC(C)c1nc(CCCOC(N)=O)n(C)c1Sc1cccc([N+](=O)[O-])c1. The Hall–Kier alpha value is -2.55. The van der Waals surface area contributed by atoms with Crippen LogP contribution in [0.3, 0.4) is 0 Å². The zero-order valence-corrected chi connectivity index (χ0v) is 15.8. The molecule has 0 aliphatic rings. The van der Waals surface area contributed by atoms with Crippen molar-refractivity contribution >= 4 is 23.5 Å². The zero-order valence-electron chi connectivity index (χ0n) is 15.0. The van der Waals surface area contributed by atoms with Crippen molar-refractivity contribution in [3.05, 3.63) is 45.9 Å². The second-order valence-corrected chi connectivity index (χ2v) is 7.12. The Bertz CT molecular complexity index is 804. The van der Waals surface area contributed by atoms with Crippen LogP contribution in [0.4, 0.5) is 10.5 Å². The quantitative estimate of drug-likeness (QED) is 0.426. The molecule has 0 atom stereocenters. The van der Waals surface area contributed by atoms with Crippen LogP contribution in [-0.4, -0.2) is 27.2 Å². The molecule has 0 fully saturated rings. The Kier molecular flexibility index (Phi) is 6.62. The van der Waals surface area contributed by atoms with Gasteiger partial charge in [-0.3, -0.25) is 10.1 Å². The van der Waals surface area contributed by atoms with E-state index in [-0.39, 0.29) is 18.2 Å². The van der Waals surface area contributed by atoms with E-state index < -0.39 is 11.0 Å². The van der Waals surface area contributed by atoms with Crippen LogP contribution < -0.4 is 5.73 Å². The fourth-order valence-electron chi connectivity index (χ4n) is 2.45. The Labute approximate surface area is 155 Å². The van der Waals surface area contributed by atoms with Gasteiger partial charge in [-0.1, -0.05) is 31.7 Å². The molecule has 0 saturated heterocycles. The van der Waals surface area contributed by atoms with Crippen molar-refractivity contribution in [2.75, 3.05) is 6.61 Å². The Balaban J connectivity index is 2.22. The number of aryl methyl sites for hydroxylation is 1. The van der Waals surface area contributed by atoms with E-state index in [2.05, 4.69) is 13.8 Å². The molecular weight excluding hydrogens is 356 g/mol. The van der Waals surface area contributed by atoms with E-state index in [9.17, 15) is 14.9 Å². The summed E-state index contributed by atoms with van der Waals surface area (Å²) in [7, 11) is 1.92. The van der Waals surface area contributed by atoms with Gasteiger partial charge in [0.05, 0.1) is 17.2 Å². The molecule has 1 aromatic heterocycles. The van der Waals surface area contributed by atoms with Crippen LogP contribution in [0.1, 0.15) is 37.7 Å². The molecule has 0 unspecified atom stereocenters. The molecule has 0 saturated carbocycles. The molecule has 2 aromatic rings. The third-order valence-electron chi connectivity index (χ3n) is 3.74. The van der Waals surface area contributed by atoms with Gasteiger partial charge in [-0.15, -0.1) is 0 Å². The average molecular weight is 378 g/mol. The second kappa shape index (κ2) is 8.70. The molecule has 26 heavy (non-hydrogen) atoms. The summed E-state index contributed by atoms with van der Waals surface area (Å²) < 4.78 is 6.74. The van der Waals surface area contributed by atoms with Crippen molar-refractivity contribution in [1.29, 1.82) is 0 Å². The number of nitrogens with zero attached hydrogens (tertiary/aromatic N) is 3. The van der Waals surface area contributed by atoms with Gasteiger partial charge in [0, 0.05) is 30.5 Å². The molecule has 0 bridgehead atoms. The molecule has 2 N–H and O–H groups in total. The minimum atomic E-state index is -0.783. The van der Waals surface area contributed by atoms with Crippen molar-refractivity contribution in [3.8, 4) is 0 Å². The summed E-state index contributed by atoms with van der Waals surface area (Å²) in [6.45, 7) is 4.35. The zero-order chi connectivity index (χ0) is 19.3. The molecule has 0 radical (unpaired) electrons. The number of primary amides is 1. The number of ether oxygens (including phenoxy) is 1. The Morgan fingerprint density at radius 2 is 2.19 bits per heavy atom.